The molecule has 2 aromatic rings. The molecule has 0 radical (unpaired) electrons. The van der Waals surface area contributed by atoms with Crippen LogP contribution in [0.25, 0.3) is 0 Å². The van der Waals surface area contributed by atoms with Crippen molar-refractivity contribution >= 4 is 41.4 Å². The highest BCUT2D eigenvalue weighted by Crippen LogP contribution is 2.32. The van der Waals surface area contributed by atoms with E-state index >= 15 is 0 Å². The molecule has 3 rings (SSSR count). The number of carbonyl (C=O) groups excluding carboxylic acids is 6. The third kappa shape index (κ3) is 8.92. The van der Waals surface area contributed by atoms with Crippen LogP contribution >= 0.6 is 0 Å². The maximum absolute atomic E-state index is 12.6. The molecule has 0 N–H and O–H groups in total. The number of ether oxygens (including phenoxy) is 4. The highest BCUT2D eigenvalue weighted by Gasteiger charge is 2.38. The summed E-state index contributed by atoms with van der Waals surface area (Å²) in [6, 6.07) is 10.1. The molecule has 14 nitrogen and oxygen atoms in total. The van der Waals surface area contributed by atoms with Gasteiger partial charge in [-0.15, -0.1) is 0 Å². The minimum absolute atomic E-state index is 0.0444. The highest BCUT2D eigenvalue weighted by atomic mass is 16.6. The Morgan fingerprint density at radius 3 is 1.65 bits per heavy atom. The summed E-state index contributed by atoms with van der Waals surface area (Å²) in [7, 11) is 0. The van der Waals surface area contributed by atoms with Crippen LogP contribution in [0.2, 0.25) is 0 Å². The van der Waals surface area contributed by atoms with Crippen LogP contribution in [0.15, 0.2) is 42.5 Å². The van der Waals surface area contributed by atoms with Gasteiger partial charge in [-0.25, -0.2) is 0 Å². The molecule has 0 atom stereocenters. The highest BCUT2D eigenvalue weighted by molar-refractivity contribution is 6.21. The smallest absolute Gasteiger partial charge is 0.325 e. The first-order valence-corrected chi connectivity index (χ1v) is 13.4. The molecular weight excluding hydrogens is 568 g/mol. The number of esters is 4. The van der Waals surface area contributed by atoms with Crippen LogP contribution in [0.5, 0.6) is 0 Å². The van der Waals surface area contributed by atoms with E-state index in [0.717, 1.165) is 11.0 Å². The summed E-state index contributed by atoms with van der Waals surface area (Å²) in [4.78, 5) is 83.3. The van der Waals surface area contributed by atoms with E-state index in [0.29, 0.717) is 5.56 Å². The van der Waals surface area contributed by atoms with Crippen molar-refractivity contribution in [1.82, 2.24) is 4.90 Å². The minimum Gasteiger partial charge on any atom is -0.466 e. The second-order valence-electron chi connectivity index (χ2n) is 8.62. The third-order valence-corrected chi connectivity index (χ3v) is 5.76. The summed E-state index contributed by atoms with van der Waals surface area (Å²) in [5, 5.41) is 11.6. The summed E-state index contributed by atoms with van der Waals surface area (Å²) >= 11 is 0. The van der Waals surface area contributed by atoms with Gasteiger partial charge in [0.15, 0.2) is 5.92 Å². The van der Waals surface area contributed by atoms with Crippen molar-refractivity contribution in [3.8, 4) is 0 Å². The third-order valence-electron chi connectivity index (χ3n) is 5.76. The van der Waals surface area contributed by atoms with Gasteiger partial charge in [-0.1, -0.05) is 18.2 Å². The maximum atomic E-state index is 12.6. The Kier molecular flexibility index (Phi) is 12.9. The molecule has 0 saturated carbocycles. The van der Waals surface area contributed by atoms with Crippen molar-refractivity contribution in [3.05, 3.63) is 74.8 Å². The Morgan fingerprint density at radius 2 is 1.23 bits per heavy atom. The molecule has 14 heteroatoms. The van der Waals surface area contributed by atoms with Crippen LogP contribution in [0, 0.1) is 10.1 Å². The second-order valence-corrected chi connectivity index (χ2v) is 8.62. The van der Waals surface area contributed by atoms with Gasteiger partial charge in [-0.2, -0.15) is 0 Å². The van der Waals surface area contributed by atoms with Crippen molar-refractivity contribution in [3.63, 3.8) is 0 Å². The van der Waals surface area contributed by atoms with Crippen molar-refractivity contribution < 1.29 is 52.6 Å². The molecule has 0 spiro atoms. The Bertz CT molecular complexity index is 1320. The van der Waals surface area contributed by atoms with E-state index in [4.69, 9.17) is 9.47 Å². The monoisotopic (exact) mass is 600 g/mol. The lowest BCUT2D eigenvalue weighted by Crippen LogP contribution is -2.30. The molecule has 1 aliphatic heterocycles. The van der Waals surface area contributed by atoms with Crippen molar-refractivity contribution in [2.24, 2.45) is 0 Å². The van der Waals surface area contributed by atoms with Gasteiger partial charge in [0, 0.05) is 6.07 Å². The zero-order chi connectivity index (χ0) is 32.1. The van der Waals surface area contributed by atoms with Crippen molar-refractivity contribution in [2.75, 3.05) is 26.4 Å². The first-order valence-electron chi connectivity index (χ1n) is 13.4. The lowest BCUT2D eigenvalue weighted by atomic mass is 9.95. The van der Waals surface area contributed by atoms with Crippen LogP contribution in [0.3, 0.4) is 0 Å². The van der Waals surface area contributed by atoms with Gasteiger partial charge >= 0.3 is 23.9 Å². The zero-order valence-corrected chi connectivity index (χ0v) is 24.2. The summed E-state index contributed by atoms with van der Waals surface area (Å²) in [5.41, 5.74) is 0.119. The van der Waals surface area contributed by atoms with E-state index in [2.05, 4.69) is 9.47 Å². The normalized spacial score (nSPS) is 11.7. The number of nitro groups is 1. The van der Waals surface area contributed by atoms with Gasteiger partial charge in [0.1, 0.15) is 6.42 Å². The number of hydrogen-bond donors (Lipinski definition) is 0. The van der Waals surface area contributed by atoms with E-state index in [1.165, 1.54) is 38.1 Å². The molecule has 1 heterocycles. The second kappa shape index (κ2) is 16.3. The summed E-state index contributed by atoms with van der Waals surface area (Å²) < 4.78 is 18.9. The molecule has 0 saturated heterocycles. The van der Waals surface area contributed by atoms with Gasteiger partial charge in [0.25, 0.3) is 17.5 Å². The summed E-state index contributed by atoms with van der Waals surface area (Å²) in [5.74, 6) is -5.75. The number of fused-ring (bicyclic) bond motifs is 1. The van der Waals surface area contributed by atoms with Crippen LogP contribution in [0.4, 0.5) is 5.69 Å². The van der Waals surface area contributed by atoms with Crippen molar-refractivity contribution in [2.45, 2.75) is 46.6 Å². The number of rotatable bonds is 12. The van der Waals surface area contributed by atoms with E-state index in [1.54, 1.807) is 26.0 Å². The maximum Gasteiger partial charge on any atom is 0.325 e. The largest absolute Gasteiger partial charge is 0.466 e. The predicted octanol–water partition coefficient (Wildman–Crippen LogP) is 3.10. The fourth-order valence-electron chi connectivity index (χ4n) is 4.01. The lowest BCUT2D eigenvalue weighted by Gasteiger charge is -2.18. The first kappa shape index (κ1) is 34.1. The molecule has 0 bridgehead atoms. The Labute approximate surface area is 247 Å². The Morgan fingerprint density at radius 1 is 0.767 bits per heavy atom. The van der Waals surface area contributed by atoms with Gasteiger partial charge in [0.05, 0.1) is 54.6 Å². The van der Waals surface area contributed by atoms with Gasteiger partial charge < -0.3 is 18.9 Å². The predicted molar refractivity (Wildman–Crippen MR) is 148 cm³/mol. The number of amides is 2. The fraction of sp³-hybridized carbons (Fsp3) is 0.379. The molecule has 1 aliphatic rings. The molecule has 0 aromatic heterocycles. The molecule has 2 aromatic carbocycles. The first-order chi connectivity index (χ1) is 20.5. The summed E-state index contributed by atoms with van der Waals surface area (Å²) in [6.07, 6.45) is -0.290. The van der Waals surface area contributed by atoms with Crippen LogP contribution < -0.4 is 0 Å². The standard InChI is InChI=1S/C22H20N2O8.C7H12O4/c1-3-31-21(27)18(22(28)32-4-2)16-11-13(9-10-17(16)24(29)30)12-23-19(25)14-7-5-6-8-15(14)20(23)26;1-3-10-6(8)5-7(9)11-4-2/h5-11,18H,3-4,12H2,1-2H3;3-5H2,1-2H3. The summed E-state index contributed by atoms with van der Waals surface area (Å²) in [6.45, 7) is 6.73. The number of hydrogen-bond acceptors (Lipinski definition) is 12. The zero-order valence-electron chi connectivity index (χ0n) is 24.2. The average Bonchev–Trinajstić information content (AvgIpc) is 3.19. The molecule has 0 fully saturated rings. The number of carbonyl (C=O) groups is 6. The lowest BCUT2D eigenvalue weighted by molar-refractivity contribution is -0.385. The molecule has 0 aliphatic carbocycles. The number of benzene rings is 2. The average molecular weight is 601 g/mol. The van der Waals surface area contributed by atoms with Crippen LogP contribution in [-0.2, 0) is 44.7 Å². The van der Waals surface area contributed by atoms with E-state index in [-0.39, 0.29) is 56.1 Å². The molecular formula is C29H32N2O12. The Hall–Kier alpha value is -5.14. The number of imide groups is 1. The quantitative estimate of drug-likeness (QED) is 0.0867. The molecule has 2 amide bonds. The molecule has 43 heavy (non-hydrogen) atoms. The van der Waals surface area contributed by atoms with Gasteiger partial charge in [-0.05, 0) is 51.5 Å². The Balaban J connectivity index is 0.000000499. The minimum atomic E-state index is -1.68. The number of nitro benzene ring substituents is 1. The molecule has 0 unspecified atom stereocenters. The van der Waals surface area contributed by atoms with E-state index < -0.39 is 52.2 Å². The topological polar surface area (TPSA) is 186 Å². The number of nitrogens with zero attached hydrogens (tertiary/aromatic N) is 2. The van der Waals surface area contributed by atoms with Crippen LogP contribution in [-0.4, -0.2) is 71.9 Å². The van der Waals surface area contributed by atoms with Crippen LogP contribution in [0.1, 0.15) is 71.9 Å². The van der Waals surface area contributed by atoms with Gasteiger partial charge in [-0.3, -0.25) is 43.8 Å². The van der Waals surface area contributed by atoms with E-state index in [1.807, 2.05) is 0 Å². The van der Waals surface area contributed by atoms with Crippen molar-refractivity contribution in [1.29, 1.82) is 0 Å². The SMILES string of the molecule is CCOC(=O)C(C(=O)OCC)c1cc(CN2C(=O)c3ccccc3C2=O)ccc1[N+](=O)[O-].CCOC(=O)CC(=O)OCC. The van der Waals surface area contributed by atoms with Gasteiger partial charge in [0.2, 0.25) is 0 Å². The van der Waals surface area contributed by atoms with E-state index in [9.17, 15) is 38.9 Å². The fourth-order valence-corrected chi connectivity index (χ4v) is 4.01. The molecule has 230 valence electrons.